The number of aliphatic imine (C=N–C) groups is 1. The summed E-state index contributed by atoms with van der Waals surface area (Å²) in [5.74, 6) is 0.296. The Morgan fingerprint density at radius 1 is 0.903 bits per heavy atom. The zero-order valence-electron chi connectivity index (χ0n) is 18.2. The van der Waals surface area contributed by atoms with Crippen LogP contribution in [-0.2, 0) is 24.3 Å². The summed E-state index contributed by atoms with van der Waals surface area (Å²) in [6, 6.07) is 14.7. The summed E-state index contributed by atoms with van der Waals surface area (Å²) in [6.07, 6.45) is 2.86. The number of hydrogen-bond acceptors (Lipinski definition) is 3. The van der Waals surface area contributed by atoms with Gasteiger partial charge < -0.3 is 16.0 Å². The number of likely N-dealkylation sites (tertiary alicyclic amines) is 1. The van der Waals surface area contributed by atoms with Gasteiger partial charge in [0.25, 0.3) is 0 Å². The number of amides is 1. The summed E-state index contributed by atoms with van der Waals surface area (Å²) < 4.78 is 12.9. The maximum Gasteiger partial charge on any atom is 0.224 e. The van der Waals surface area contributed by atoms with Crippen molar-refractivity contribution < 1.29 is 9.18 Å². The number of guanidine groups is 1. The predicted octanol–water partition coefficient (Wildman–Crippen LogP) is 2.45. The van der Waals surface area contributed by atoms with Crippen LogP contribution in [0.1, 0.15) is 29.5 Å². The Balaban J connectivity index is 1.32. The minimum Gasteiger partial charge on any atom is -0.355 e. The molecular formula is C24H32FN5O. The molecule has 0 spiro atoms. The second-order valence-electron chi connectivity index (χ2n) is 7.81. The molecule has 1 amide bonds. The number of hydrogen-bond donors (Lipinski definition) is 3. The number of carbonyl (C=O) groups is 1. The predicted molar refractivity (Wildman–Crippen MR) is 122 cm³/mol. The Hall–Kier alpha value is -2.93. The van der Waals surface area contributed by atoms with Crippen molar-refractivity contribution in [3.05, 3.63) is 71.0 Å². The molecule has 31 heavy (non-hydrogen) atoms. The average molecular weight is 426 g/mol. The van der Waals surface area contributed by atoms with Crippen molar-refractivity contribution in [3.8, 4) is 0 Å². The molecule has 0 aromatic heterocycles. The van der Waals surface area contributed by atoms with Crippen molar-refractivity contribution >= 4 is 11.9 Å². The van der Waals surface area contributed by atoms with Crippen molar-refractivity contribution in [1.82, 2.24) is 20.9 Å². The third kappa shape index (κ3) is 8.02. The quantitative estimate of drug-likeness (QED) is 0.328. The zero-order chi connectivity index (χ0) is 21.9. The van der Waals surface area contributed by atoms with Gasteiger partial charge in [-0.2, -0.15) is 0 Å². The highest BCUT2D eigenvalue weighted by Crippen LogP contribution is 2.13. The number of halogens is 1. The van der Waals surface area contributed by atoms with Gasteiger partial charge in [0.2, 0.25) is 5.91 Å². The molecule has 166 valence electrons. The molecule has 3 rings (SSSR count). The van der Waals surface area contributed by atoms with Crippen LogP contribution in [0.15, 0.2) is 53.5 Å². The second-order valence-corrected chi connectivity index (χ2v) is 7.81. The summed E-state index contributed by atoms with van der Waals surface area (Å²) in [4.78, 5) is 18.7. The first kappa shape index (κ1) is 22.7. The highest BCUT2D eigenvalue weighted by molar-refractivity contribution is 5.80. The lowest BCUT2D eigenvalue weighted by Gasteiger charge is -2.15. The van der Waals surface area contributed by atoms with Crippen molar-refractivity contribution in [1.29, 1.82) is 0 Å². The lowest BCUT2D eigenvalue weighted by molar-refractivity contribution is -0.120. The molecule has 6 nitrogen and oxygen atoms in total. The lowest BCUT2D eigenvalue weighted by Crippen LogP contribution is -2.41. The molecule has 1 fully saturated rings. The fraction of sp³-hybridized carbons (Fsp3) is 0.417. The second kappa shape index (κ2) is 12.1. The summed E-state index contributed by atoms with van der Waals surface area (Å²) in [7, 11) is 1.72. The van der Waals surface area contributed by atoms with E-state index in [1.807, 2.05) is 0 Å². The SMILES string of the molecule is CN=C(NCCNC(=O)Cc1ccc(F)cc1)NCc1ccc(CN2CCCC2)cc1. The van der Waals surface area contributed by atoms with Gasteiger partial charge in [-0.05, 0) is 54.8 Å². The van der Waals surface area contributed by atoms with Crippen molar-refractivity contribution in [2.24, 2.45) is 4.99 Å². The highest BCUT2D eigenvalue weighted by Gasteiger charge is 2.11. The Morgan fingerprint density at radius 3 is 2.19 bits per heavy atom. The number of benzene rings is 2. The summed E-state index contributed by atoms with van der Waals surface area (Å²) >= 11 is 0. The molecule has 1 heterocycles. The molecule has 0 radical (unpaired) electrons. The van der Waals surface area contributed by atoms with E-state index in [0.29, 0.717) is 25.6 Å². The molecule has 1 saturated heterocycles. The molecule has 0 unspecified atom stereocenters. The van der Waals surface area contributed by atoms with Gasteiger partial charge in [-0.1, -0.05) is 36.4 Å². The third-order valence-electron chi connectivity index (χ3n) is 5.33. The van der Waals surface area contributed by atoms with E-state index in [2.05, 4.69) is 50.1 Å². The molecule has 2 aromatic rings. The van der Waals surface area contributed by atoms with Crippen LogP contribution in [0.25, 0.3) is 0 Å². The van der Waals surface area contributed by atoms with Gasteiger partial charge in [0.05, 0.1) is 6.42 Å². The molecular weight excluding hydrogens is 393 g/mol. The highest BCUT2D eigenvalue weighted by atomic mass is 19.1. The van der Waals surface area contributed by atoms with Gasteiger partial charge in [0.15, 0.2) is 5.96 Å². The van der Waals surface area contributed by atoms with Crippen LogP contribution in [0.4, 0.5) is 4.39 Å². The maximum absolute atomic E-state index is 12.9. The summed E-state index contributed by atoms with van der Waals surface area (Å²) in [5, 5.41) is 9.34. The van der Waals surface area contributed by atoms with Gasteiger partial charge in [0, 0.05) is 33.2 Å². The fourth-order valence-electron chi connectivity index (χ4n) is 3.60. The maximum atomic E-state index is 12.9. The Labute approximate surface area is 183 Å². The minimum atomic E-state index is -0.301. The lowest BCUT2D eigenvalue weighted by atomic mass is 10.1. The van der Waals surface area contributed by atoms with Crippen molar-refractivity contribution in [2.45, 2.75) is 32.4 Å². The van der Waals surface area contributed by atoms with Crippen LogP contribution in [-0.4, -0.2) is 50.0 Å². The molecule has 2 aromatic carbocycles. The molecule has 3 N–H and O–H groups in total. The minimum absolute atomic E-state index is 0.0922. The van der Waals surface area contributed by atoms with Crippen LogP contribution in [0, 0.1) is 5.82 Å². The first-order valence-electron chi connectivity index (χ1n) is 10.9. The summed E-state index contributed by atoms with van der Waals surface area (Å²) in [5.41, 5.74) is 3.33. The molecule has 0 aliphatic carbocycles. The van der Waals surface area contributed by atoms with E-state index < -0.39 is 0 Å². The van der Waals surface area contributed by atoms with Gasteiger partial charge in [-0.15, -0.1) is 0 Å². The smallest absolute Gasteiger partial charge is 0.224 e. The number of rotatable bonds is 9. The van der Waals surface area contributed by atoms with Crippen LogP contribution in [0.5, 0.6) is 0 Å². The van der Waals surface area contributed by atoms with Crippen molar-refractivity contribution in [2.75, 3.05) is 33.2 Å². The standard InChI is InChI=1S/C24H32FN5O/c1-26-24(28-13-12-27-23(31)16-19-8-10-22(25)11-9-19)29-17-20-4-6-21(7-5-20)18-30-14-2-3-15-30/h4-11H,2-3,12-18H2,1H3,(H,27,31)(H2,26,28,29). The summed E-state index contributed by atoms with van der Waals surface area (Å²) in [6.45, 7) is 5.16. The zero-order valence-corrected chi connectivity index (χ0v) is 18.2. The van der Waals surface area contributed by atoms with E-state index in [4.69, 9.17) is 0 Å². The van der Waals surface area contributed by atoms with Gasteiger partial charge >= 0.3 is 0 Å². The first-order chi connectivity index (χ1) is 15.1. The van der Waals surface area contributed by atoms with Crippen LogP contribution in [0.3, 0.4) is 0 Å². The van der Waals surface area contributed by atoms with Crippen molar-refractivity contribution in [3.63, 3.8) is 0 Å². The number of nitrogens with zero attached hydrogens (tertiary/aromatic N) is 2. The molecule has 1 aliphatic heterocycles. The van der Waals surface area contributed by atoms with E-state index in [1.54, 1.807) is 19.2 Å². The molecule has 1 aliphatic rings. The van der Waals surface area contributed by atoms with Crippen LogP contribution < -0.4 is 16.0 Å². The van der Waals surface area contributed by atoms with E-state index in [0.717, 1.165) is 12.1 Å². The molecule has 0 atom stereocenters. The van der Waals surface area contributed by atoms with Crippen LogP contribution >= 0.6 is 0 Å². The molecule has 0 bridgehead atoms. The number of carbonyl (C=O) groups excluding carboxylic acids is 1. The van der Waals surface area contributed by atoms with Gasteiger partial charge in [-0.25, -0.2) is 4.39 Å². The Bertz CT molecular complexity index is 845. The Morgan fingerprint density at radius 2 is 1.52 bits per heavy atom. The third-order valence-corrected chi connectivity index (χ3v) is 5.33. The number of nitrogens with one attached hydrogen (secondary N) is 3. The largest absolute Gasteiger partial charge is 0.355 e. The Kier molecular flexibility index (Phi) is 8.84. The van der Waals surface area contributed by atoms with Crippen LogP contribution in [0.2, 0.25) is 0 Å². The first-order valence-corrected chi connectivity index (χ1v) is 10.9. The fourth-order valence-corrected chi connectivity index (χ4v) is 3.60. The monoisotopic (exact) mass is 425 g/mol. The van der Waals surface area contributed by atoms with E-state index >= 15 is 0 Å². The van der Waals surface area contributed by atoms with Gasteiger partial charge in [0.1, 0.15) is 5.82 Å². The normalized spacial score (nSPS) is 14.5. The van der Waals surface area contributed by atoms with Gasteiger partial charge in [-0.3, -0.25) is 14.7 Å². The van der Waals surface area contributed by atoms with E-state index in [9.17, 15) is 9.18 Å². The molecule has 7 heteroatoms. The molecule has 0 saturated carbocycles. The average Bonchev–Trinajstić information content (AvgIpc) is 3.29. The topological polar surface area (TPSA) is 68.8 Å². The van der Waals surface area contributed by atoms with E-state index in [-0.39, 0.29) is 18.1 Å². The van der Waals surface area contributed by atoms with E-state index in [1.165, 1.54) is 49.2 Å².